The number of fused-ring (bicyclic) bond motifs is 1. The van der Waals surface area contributed by atoms with Crippen LogP contribution in [0.4, 0.5) is 4.79 Å². The van der Waals surface area contributed by atoms with Crippen molar-refractivity contribution in [2.45, 2.75) is 43.4 Å². The molecule has 1 aliphatic rings. The van der Waals surface area contributed by atoms with Crippen LogP contribution < -0.4 is 21.2 Å². The van der Waals surface area contributed by atoms with Gasteiger partial charge in [-0.05, 0) is 35.8 Å². The zero-order valence-electron chi connectivity index (χ0n) is 16.2. The highest BCUT2D eigenvalue weighted by Crippen LogP contribution is 2.30. The zero-order valence-corrected chi connectivity index (χ0v) is 17.0. The minimum absolute atomic E-state index is 0.133. The first-order valence-corrected chi connectivity index (χ1v) is 10.1. The fraction of sp³-hybridized carbons (Fsp3) is 0.364. The van der Waals surface area contributed by atoms with E-state index in [0.717, 1.165) is 23.9 Å². The molecule has 2 amide bonds. The molecular weight excluding hydrogens is 354 g/mol. The Balaban J connectivity index is 1.55. The number of hydrogen-bond acceptors (Lipinski definition) is 3. The van der Waals surface area contributed by atoms with Crippen LogP contribution in [-0.2, 0) is 6.54 Å². The van der Waals surface area contributed by atoms with Crippen LogP contribution in [-0.4, -0.2) is 23.9 Å². The van der Waals surface area contributed by atoms with E-state index in [1.165, 1.54) is 15.7 Å². The van der Waals surface area contributed by atoms with Gasteiger partial charge in [0.05, 0.1) is 11.9 Å². The van der Waals surface area contributed by atoms with Crippen molar-refractivity contribution in [3.05, 3.63) is 64.7 Å². The summed E-state index contributed by atoms with van der Waals surface area (Å²) in [5, 5.41) is 8.14. The number of carbonyl (C=O) groups excluding carboxylic acids is 1. The molecule has 0 radical (unpaired) electrons. The van der Waals surface area contributed by atoms with E-state index in [0.29, 0.717) is 13.1 Å². The summed E-state index contributed by atoms with van der Waals surface area (Å²) in [6.45, 7) is 8.54. The molecule has 0 saturated carbocycles. The molecule has 142 valence electrons. The average Bonchev–Trinajstić information content (AvgIpc) is 3.02. The highest BCUT2D eigenvalue weighted by atomic mass is 32.2. The summed E-state index contributed by atoms with van der Waals surface area (Å²) >= 11 is 1.87. The van der Waals surface area contributed by atoms with Crippen LogP contribution in [0.3, 0.4) is 0 Å². The van der Waals surface area contributed by atoms with Gasteiger partial charge in [0.2, 0.25) is 0 Å². The van der Waals surface area contributed by atoms with Gasteiger partial charge in [-0.3, -0.25) is 4.99 Å². The maximum absolute atomic E-state index is 12.0. The Morgan fingerprint density at radius 1 is 1.11 bits per heavy atom. The maximum atomic E-state index is 12.0. The predicted octanol–water partition coefficient (Wildman–Crippen LogP) is 3.25. The molecule has 3 rings (SSSR count). The Morgan fingerprint density at radius 3 is 2.63 bits per heavy atom. The third kappa shape index (κ3) is 5.86. The third-order valence-electron chi connectivity index (χ3n) is 4.22. The molecule has 2 N–H and O–H groups in total. The fourth-order valence-corrected chi connectivity index (χ4v) is 4.02. The van der Waals surface area contributed by atoms with Crippen LogP contribution in [0.25, 0.3) is 5.57 Å². The third-order valence-corrected chi connectivity index (χ3v) is 5.32. The molecule has 4 nitrogen and oxygen atoms in total. The fourth-order valence-electron chi connectivity index (χ4n) is 3.00. The number of nitrogens with zero attached hydrogens (tertiary/aromatic N) is 1. The quantitative estimate of drug-likeness (QED) is 0.755. The number of hydrogen-bond donors (Lipinski definition) is 2. The van der Waals surface area contributed by atoms with E-state index in [2.05, 4.69) is 54.6 Å². The van der Waals surface area contributed by atoms with Gasteiger partial charge < -0.3 is 10.6 Å². The summed E-state index contributed by atoms with van der Waals surface area (Å²) in [7, 11) is 0. The van der Waals surface area contributed by atoms with Crippen LogP contribution in [0.2, 0.25) is 0 Å². The minimum Gasteiger partial charge on any atom is -0.338 e. The second-order valence-electron chi connectivity index (χ2n) is 7.66. The Labute approximate surface area is 165 Å². The Hall–Kier alpha value is -2.27. The number of amides is 2. The number of urea groups is 1. The molecular formula is C22H27N3OS. The van der Waals surface area contributed by atoms with Crippen molar-refractivity contribution in [3.8, 4) is 0 Å². The highest BCUT2D eigenvalue weighted by molar-refractivity contribution is 8.00. The summed E-state index contributed by atoms with van der Waals surface area (Å²) in [5.74, 6) is 0. The lowest BCUT2D eigenvalue weighted by atomic mass is 10.1. The van der Waals surface area contributed by atoms with Gasteiger partial charge in [0.25, 0.3) is 0 Å². The van der Waals surface area contributed by atoms with E-state index in [4.69, 9.17) is 0 Å². The largest absolute Gasteiger partial charge is 0.338 e. The van der Waals surface area contributed by atoms with E-state index in [1.807, 2.05) is 42.1 Å². The van der Waals surface area contributed by atoms with E-state index < -0.39 is 0 Å². The Bertz CT molecular complexity index is 917. The molecule has 0 aromatic heterocycles. The van der Waals surface area contributed by atoms with Crippen molar-refractivity contribution in [1.82, 2.24) is 10.6 Å². The Morgan fingerprint density at radius 2 is 1.89 bits per heavy atom. The van der Waals surface area contributed by atoms with Gasteiger partial charge in [-0.15, -0.1) is 11.8 Å². The van der Waals surface area contributed by atoms with E-state index in [-0.39, 0.29) is 10.8 Å². The molecule has 1 aliphatic heterocycles. The molecule has 0 spiro atoms. The van der Waals surface area contributed by atoms with E-state index in [1.54, 1.807) is 0 Å². The number of rotatable bonds is 6. The summed E-state index contributed by atoms with van der Waals surface area (Å²) in [4.78, 5) is 17.9. The lowest BCUT2D eigenvalue weighted by Gasteiger charge is -2.17. The van der Waals surface area contributed by atoms with Gasteiger partial charge >= 0.3 is 6.03 Å². The van der Waals surface area contributed by atoms with Crippen LogP contribution in [0.15, 0.2) is 58.4 Å². The molecule has 27 heavy (non-hydrogen) atoms. The maximum Gasteiger partial charge on any atom is 0.315 e. The smallest absolute Gasteiger partial charge is 0.315 e. The molecule has 1 heterocycles. The summed E-state index contributed by atoms with van der Waals surface area (Å²) < 4.78 is 0.183. The predicted molar refractivity (Wildman–Crippen MR) is 112 cm³/mol. The van der Waals surface area contributed by atoms with Crippen molar-refractivity contribution in [2.75, 3.05) is 13.1 Å². The van der Waals surface area contributed by atoms with E-state index in [9.17, 15) is 4.79 Å². The van der Waals surface area contributed by atoms with Gasteiger partial charge in [-0.2, -0.15) is 0 Å². The normalized spacial score (nSPS) is 13.1. The first-order valence-electron chi connectivity index (χ1n) is 9.32. The number of thioether (sulfide) groups is 1. The van der Waals surface area contributed by atoms with E-state index >= 15 is 0 Å². The SMILES string of the molecule is CC(C)(C)Sc1ccc2c(c1)=C(CCNC(=O)NCc1ccccc1)CN=2. The standard InChI is InChI=1S/C22H27N3OS/c1-22(2,3)27-18-9-10-20-19(13-18)17(15-24-20)11-12-23-21(26)25-14-16-7-5-4-6-8-16/h4-10,13H,11-12,14-15H2,1-3H3,(H2,23,25,26). The van der Waals surface area contributed by atoms with Crippen molar-refractivity contribution in [3.63, 3.8) is 0 Å². The van der Waals surface area contributed by atoms with Crippen LogP contribution in [0.5, 0.6) is 0 Å². The van der Waals surface area contributed by atoms with Gasteiger partial charge in [0.1, 0.15) is 0 Å². The van der Waals surface area contributed by atoms with Gasteiger partial charge in [-0.25, -0.2) is 4.79 Å². The molecule has 0 atom stereocenters. The van der Waals surface area contributed by atoms with Crippen LogP contribution in [0, 0.1) is 0 Å². The number of carbonyl (C=O) groups is 1. The number of benzene rings is 2. The second kappa shape index (κ2) is 8.61. The number of nitrogens with one attached hydrogen (secondary N) is 2. The van der Waals surface area contributed by atoms with Crippen molar-refractivity contribution in [2.24, 2.45) is 4.99 Å². The topological polar surface area (TPSA) is 53.5 Å². The molecule has 2 aromatic rings. The van der Waals surface area contributed by atoms with Gasteiger partial charge in [-0.1, -0.05) is 51.1 Å². The molecule has 5 heteroatoms. The van der Waals surface area contributed by atoms with Crippen LogP contribution >= 0.6 is 11.8 Å². The first kappa shape index (κ1) is 19.5. The lowest BCUT2D eigenvalue weighted by Crippen LogP contribution is -2.36. The van der Waals surface area contributed by atoms with Crippen LogP contribution in [0.1, 0.15) is 32.8 Å². The molecule has 0 unspecified atom stereocenters. The van der Waals surface area contributed by atoms with Gasteiger partial charge in [0, 0.05) is 28.0 Å². The summed E-state index contributed by atoms with van der Waals surface area (Å²) in [5.41, 5.74) is 2.39. The molecule has 0 bridgehead atoms. The first-order chi connectivity index (χ1) is 12.9. The molecule has 2 aromatic carbocycles. The zero-order chi connectivity index (χ0) is 19.3. The highest BCUT2D eigenvalue weighted by Gasteiger charge is 2.14. The molecule has 0 saturated heterocycles. The Kier molecular flexibility index (Phi) is 6.22. The summed E-state index contributed by atoms with van der Waals surface area (Å²) in [6, 6.07) is 16.3. The van der Waals surface area contributed by atoms with Gasteiger partial charge in [0.15, 0.2) is 0 Å². The van der Waals surface area contributed by atoms with Crippen molar-refractivity contribution >= 4 is 23.4 Å². The second-order valence-corrected chi connectivity index (χ2v) is 9.56. The molecule has 0 aliphatic carbocycles. The average molecular weight is 382 g/mol. The lowest BCUT2D eigenvalue weighted by molar-refractivity contribution is 0.240. The minimum atomic E-state index is -0.133. The van der Waals surface area contributed by atoms with Crippen molar-refractivity contribution < 1.29 is 4.79 Å². The molecule has 0 fully saturated rings. The van der Waals surface area contributed by atoms with Crippen molar-refractivity contribution in [1.29, 1.82) is 0 Å². The monoisotopic (exact) mass is 381 g/mol. The summed E-state index contributed by atoms with van der Waals surface area (Å²) in [6.07, 6.45) is 0.818.